The van der Waals surface area contributed by atoms with Gasteiger partial charge in [0.05, 0.1) is 6.10 Å². The number of carbonyl (C=O) groups excluding carboxylic acids is 1. The lowest BCUT2D eigenvalue weighted by atomic mass is 10.0. The summed E-state index contributed by atoms with van der Waals surface area (Å²) in [7, 11) is 1.66. The zero-order valence-electron chi connectivity index (χ0n) is 9.70. The van der Waals surface area contributed by atoms with Crippen molar-refractivity contribution in [1.82, 2.24) is 10.2 Å². The molecule has 2 atom stereocenters. The molecule has 1 fully saturated rings. The second kappa shape index (κ2) is 5.95. The Labute approximate surface area is 91.6 Å². The van der Waals surface area contributed by atoms with E-state index >= 15 is 0 Å². The SMILES string of the molecule is CNC(=O)N1CCCCCC1CC(C)O. The van der Waals surface area contributed by atoms with Crippen molar-refractivity contribution < 1.29 is 9.90 Å². The summed E-state index contributed by atoms with van der Waals surface area (Å²) in [5.74, 6) is 0. The lowest BCUT2D eigenvalue weighted by Gasteiger charge is -2.30. The standard InChI is InChI=1S/C11H22N2O2/c1-9(14)8-10-6-4-3-5-7-13(10)11(15)12-2/h9-10,14H,3-8H2,1-2H3,(H,12,15). The van der Waals surface area contributed by atoms with Crippen LogP contribution in [0.5, 0.6) is 0 Å². The number of aliphatic hydroxyl groups is 1. The normalized spacial score (nSPS) is 24.5. The second-order valence-electron chi connectivity index (χ2n) is 4.34. The number of aliphatic hydroxyl groups excluding tert-OH is 1. The van der Waals surface area contributed by atoms with Crippen molar-refractivity contribution in [3.05, 3.63) is 0 Å². The van der Waals surface area contributed by atoms with Gasteiger partial charge in [0.2, 0.25) is 0 Å². The number of amides is 2. The third kappa shape index (κ3) is 3.70. The van der Waals surface area contributed by atoms with Gasteiger partial charge in [-0.2, -0.15) is 0 Å². The Kier molecular flexibility index (Phi) is 4.88. The van der Waals surface area contributed by atoms with Gasteiger partial charge in [-0.1, -0.05) is 12.8 Å². The van der Waals surface area contributed by atoms with Crippen molar-refractivity contribution in [1.29, 1.82) is 0 Å². The third-order valence-corrected chi connectivity index (χ3v) is 2.97. The van der Waals surface area contributed by atoms with Crippen molar-refractivity contribution in [3.8, 4) is 0 Å². The summed E-state index contributed by atoms with van der Waals surface area (Å²) >= 11 is 0. The predicted molar refractivity (Wildman–Crippen MR) is 59.7 cm³/mol. The molecule has 1 heterocycles. The molecule has 0 aliphatic carbocycles. The van der Waals surface area contributed by atoms with Gasteiger partial charge in [0, 0.05) is 19.6 Å². The minimum Gasteiger partial charge on any atom is -0.393 e. The number of nitrogens with one attached hydrogen (secondary N) is 1. The van der Waals surface area contributed by atoms with E-state index in [0.717, 1.165) is 25.8 Å². The molecule has 0 saturated carbocycles. The van der Waals surface area contributed by atoms with Crippen LogP contribution in [-0.4, -0.2) is 41.8 Å². The Balaban J connectivity index is 2.62. The topological polar surface area (TPSA) is 52.6 Å². The Morgan fingerprint density at radius 3 is 2.87 bits per heavy atom. The van der Waals surface area contributed by atoms with Gasteiger partial charge in [0.1, 0.15) is 0 Å². The van der Waals surface area contributed by atoms with E-state index in [2.05, 4.69) is 5.32 Å². The Morgan fingerprint density at radius 1 is 1.53 bits per heavy atom. The van der Waals surface area contributed by atoms with Crippen LogP contribution < -0.4 is 5.32 Å². The summed E-state index contributed by atoms with van der Waals surface area (Å²) in [5.41, 5.74) is 0. The highest BCUT2D eigenvalue weighted by molar-refractivity contribution is 5.74. The van der Waals surface area contributed by atoms with Gasteiger partial charge in [-0.15, -0.1) is 0 Å². The Morgan fingerprint density at radius 2 is 2.27 bits per heavy atom. The van der Waals surface area contributed by atoms with Gasteiger partial charge < -0.3 is 15.3 Å². The molecule has 4 heteroatoms. The van der Waals surface area contributed by atoms with Crippen LogP contribution in [0.3, 0.4) is 0 Å². The summed E-state index contributed by atoms with van der Waals surface area (Å²) in [5, 5.41) is 12.1. The summed E-state index contributed by atoms with van der Waals surface area (Å²) in [6.45, 7) is 2.60. The van der Waals surface area contributed by atoms with Crippen LogP contribution in [0.2, 0.25) is 0 Å². The van der Waals surface area contributed by atoms with E-state index in [1.807, 2.05) is 4.90 Å². The molecule has 2 N–H and O–H groups in total. The molecule has 2 amide bonds. The van der Waals surface area contributed by atoms with Crippen molar-refractivity contribution in [2.24, 2.45) is 0 Å². The van der Waals surface area contributed by atoms with Crippen LogP contribution in [0, 0.1) is 0 Å². The maximum atomic E-state index is 11.6. The number of urea groups is 1. The molecule has 0 bridgehead atoms. The fourth-order valence-corrected chi connectivity index (χ4v) is 2.23. The van der Waals surface area contributed by atoms with Gasteiger partial charge in [0.25, 0.3) is 0 Å². The number of hydrogen-bond donors (Lipinski definition) is 2. The van der Waals surface area contributed by atoms with Gasteiger partial charge in [-0.25, -0.2) is 4.79 Å². The first kappa shape index (κ1) is 12.3. The van der Waals surface area contributed by atoms with Gasteiger partial charge >= 0.3 is 6.03 Å². The lowest BCUT2D eigenvalue weighted by Crippen LogP contribution is -2.45. The first-order valence-corrected chi connectivity index (χ1v) is 5.81. The molecule has 1 aliphatic rings. The van der Waals surface area contributed by atoms with E-state index < -0.39 is 0 Å². The molecule has 0 radical (unpaired) electrons. The smallest absolute Gasteiger partial charge is 0.317 e. The third-order valence-electron chi connectivity index (χ3n) is 2.97. The molecule has 1 aliphatic heterocycles. The molecule has 88 valence electrons. The molecule has 0 aromatic carbocycles. The van der Waals surface area contributed by atoms with E-state index in [1.54, 1.807) is 14.0 Å². The number of hydrogen-bond acceptors (Lipinski definition) is 2. The maximum Gasteiger partial charge on any atom is 0.317 e. The number of carbonyl (C=O) groups is 1. The van der Waals surface area contributed by atoms with Crippen LogP contribution in [0.15, 0.2) is 0 Å². The zero-order valence-corrected chi connectivity index (χ0v) is 9.70. The minimum atomic E-state index is -0.333. The lowest BCUT2D eigenvalue weighted by molar-refractivity contribution is 0.123. The van der Waals surface area contributed by atoms with Crippen LogP contribution in [0.25, 0.3) is 0 Å². The van der Waals surface area contributed by atoms with E-state index in [9.17, 15) is 9.90 Å². The van der Waals surface area contributed by atoms with Crippen molar-refractivity contribution in [3.63, 3.8) is 0 Å². The zero-order chi connectivity index (χ0) is 11.3. The van der Waals surface area contributed by atoms with E-state index in [0.29, 0.717) is 6.42 Å². The van der Waals surface area contributed by atoms with Crippen LogP contribution >= 0.6 is 0 Å². The average molecular weight is 214 g/mol. The van der Waals surface area contributed by atoms with Gasteiger partial charge in [-0.3, -0.25) is 0 Å². The average Bonchev–Trinajstić information content (AvgIpc) is 2.41. The van der Waals surface area contributed by atoms with E-state index in [-0.39, 0.29) is 18.2 Å². The number of rotatable bonds is 2. The Bertz CT molecular complexity index is 207. The van der Waals surface area contributed by atoms with E-state index in [4.69, 9.17) is 0 Å². The molecule has 1 saturated heterocycles. The summed E-state index contributed by atoms with van der Waals surface area (Å²) < 4.78 is 0. The van der Waals surface area contributed by atoms with Crippen LogP contribution in [0.4, 0.5) is 4.79 Å². The monoisotopic (exact) mass is 214 g/mol. The first-order valence-electron chi connectivity index (χ1n) is 5.81. The largest absolute Gasteiger partial charge is 0.393 e. The fourth-order valence-electron chi connectivity index (χ4n) is 2.23. The summed E-state index contributed by atoms with van der Waals surface area (Å²) in [4.78, 5) is 13.5. The Hall–Kier alpha value is -0.770. The van der Waals surface area contributed by atoms with Crippen molar-refractivity contribution in [2.45, 2.75) is 51.2 Å². The molecule has 15 heavy (non-hydrogen) atoms. The van der Waals surface area contributed by atoms with Crippen LogP contribution in [-0.2, 0) is 0 Å². The molecular weight excluding hydrogens is 192 g/mol. The molecule has 0 aromatic rings. The molecular formula is C11H22N2O2. The van der Waals surface area contributed by atoms with Crippen molar-refractivity contribution >= 4 is 6.03 Å². The summed E-state index contributed by atoms with van der Waals surface area (Å²) in [6, 6.07) is 0.190. The highest BCUT2D eigenvalue weighted by Gasteiger charge is 2.25. The molecule has 1 rings (SSSR count). The van der Waals surface area contributed by atoms with Gasteiger partial charge in [-0.05, 0) is 26.2 Å². The quantitative estimate of drug-likeness (QED) is 0.729. The fraction of sp³-hybridized carbons (Fsp3) is 0.909. The number of nitrogens with zero attached hydrogens (tertiary/aromatic N) is 1. The van der Waals surface area contributed by atoms with Crippen molar-refractivity contribution in [2.75, 3.05) is 13.6 Å². The van der Waals surface area contributed by atoms with E-state index in [1.165, 1.54) is 6.42 Å². The highest BCUT2D eigenvalue weighted by Crippen LogP contribution is 2.20. The highest BCUT2D eigenvalue weighted by atomic mass is 16.3. The first-order chi connectivity index (χ1) is 7.15. The maximum absolute atomic E-state index is 11.6. The molecule has 0 aromatic heterocycles. The molecule has 2 unspecified atom stereocenters. The molecule has 0 spiro atoms. The second-order valence-corrected chi connectivity index (χ2v) is 4.34. The summed E-state index contributed by atoms with van der Waals surface area (Å²) in [6.07, 6.45) is 4.78. The molecule has 4 nitrogen and oxygen atoms in total. The number of likely N-dealkylation sites (tertiary alicyclic amines) is 1. The van der Waals surface area contributed by atoms with Crippen LogP contribution in [0.1, 0.15) is 39.0 Å². The predicted octanol–water partition coefficient (Wildman–Crippen LogP) is 1.34. The van der Waals surface area contributed by atoms with Gasteiger partial charge in [0.15, 0.2) is 0 Å². The minimum absolute atomic E-state index is 0.0115.